The molecule has 0 aliphatic heterocycles. The summed E-state index contributed by atoms with van der Waals surface area (Å²) < 4.78 is 0.896. The maximum absolute atomic E-state index is 12.2. The minimum Gasteiger partial charge on any atom is -0.355 e. The number of aryl methyl sites for hydroxylation is 1. The topological polar surface area (TPSA) is 58.2 Å². The number of halogens is 1. The van der Waals surface area contributed by atoms with Gasteiger partial charge in [0.1, 0.15) is 5.00 Å². The van der Waals surface area contributed by atoms with Crippen molar-refractivity contribution in [3.63, 3.8) is 0 Å². The Kier molecular flexibility index (Phi) is 4.62. The fourth-order valence-electron chi connectivity index (χ4n) is 1.71. The summed E-state index contributed by atoms with van der Waals surface area (Å²) in [5, 5.41) is 6.02. The van der Waals surface area contributed by atoms with Gasteiger partial charge in [0.05, 0.1) is 14.2 Å². The van der Waals surface area contributed by atoms with Gasteiger partial charge in [-0.05, 0) is 47.5 Å². The molecule has 2 aromatic heterocycles. The van der Waals surface area contributed by atoms with Gasteiger partial charge >= 0.3 is 0 Å². The second-order valence-corrected chi connectivity index (χ2v) is 7.81. The Balaban J connectivity index is 2.32. The second kappa shape index (κ2) is 6.07. The molecular formula is C13H13BrN2O2S2. The lowest BCUT2D eigenvalue weighted by Crippen LogP contribution is -2.20. The van der Waals surface area contributed by atoms with Crippen LogP contribution in [-0.4, -0.2) is 18.9 Å². The SMILES string of the molecule is CNC(=O)c1c(NC(=O)c2ccc(Br)s2)sc(C)c1C. The van der Waals surface area contributed by atoms with Crippen molar-refractivity contribution in [2.75, 3.05) is 12.4 Å². The van der Waals surface area contributed by atoms with E-state index in [2.05, 4.69) is 26.6 Å². The number of carbonyl (C=O) groups is 2. The van der Waals surface area contributed by atoms with E-state index in [4.69, 9.17) is 0 Å². The molecule has 0 radical (unpaired) electrons. The third-order valence-electron chi connectivity index (χ3n) is 2.86. The van der Waals surface area contributed by atoms with E-state index >= 15 is 0 Å². The third kappa shape index (κ3) is 2.94. The molecule has 0 aromatic carbocycles. The highest BCUT2D eigenvalue weighted by Crippen LogP contribution is 2.33. The first-order valence-corrected chi connectivity index (χ1v) is 8.25. The van der Waals surface area contributed by atoms with Gasteiger partial charge in [-0.2, -0.15) is 0 Å². The number of anilines is 1. The van der Waals surface area contributed by atoms with E-state index in [1.165, 1.54) is 22.7 Å². The van der Waals surface area contributed by atoms with Crippen molar-refractivity contribution < 1.29 is 9.59 Å². The van der Waals surface area contributed by atoms with Crippen LogP contribution in [0.4, 0.5) is 5.00 Å². The minimum absolute atomic E-state index is 0.186. The molecule has 0 saturated heterocycles. The van der Waals surface area contributed by atoms with Gasteiger partial charge in [0.25, 0.3) is 11.8 Å². The Hall–Kier alpha value is -1.18. The summed E-state index contributed by atoms with van der Waals surface area (Å²) in [4.78, 5) is 25.7. The van der Waals surface area contributed by atoms with Crippen molar-refractivity contribution in [1.29, 1.82) is 0 Å². The Morgan fingerprint density at radius 1 is 1.15 bits per heavy atom. The fraction of sp³-hybridized carbons (Fsp3) is 0.231. The molecule has 0 bridgehead atoms. The van der Waals surface area contributed by atoms with Crippen molar-refractivity contribution >= 4 is 55.4 Å². The summed E-state index contributed by atoms with van der Waals surface area (Å²) in [5.41, 5.74) is 1.44. The molecule has 0 aliphatic rings. The number of hydrogen-bond acceptors (Lipinski definition) is 4. The normalized spacial score (nSPS) is 10.4. The molecule has 0 atom stereocenters. The molecule has 2 aromatic rings. The third-order valence-corrected chi connectivity index (χ3v) is 5.61. The summed E-state index contributed by atoms with van der Waals surface area (Å²) in [6.07, 6.45) is 0. The Bertz CT molecular complexity index is 676. The molecule has 2 rings (SSSR count). The zero-order chi connectivity index (χ0) is 14.9. The first kappa shape index (κ1) is 15.2. The number of rotatable bonds is 3. The van der Waals surface area contributed by atoms with Gasteiger partial charge in [-0.25, -0.2) is 0 Å². The Morgan fingerprint density at radius 3 is 2.40 bits per heavy atom. The lowest BCUT2D eigenvalue weighted by molar-refractivity contribution is 0.0963. The van der Waals surface area contributed by atoms with Gasteiger partial charge in [-0.3, -0.25) is 9.59 Å². The number of amides is 2. The van der Waals surface area contributed by atoms with Gasteiger partial charge in [-0.1, -0.05) is 0 Å². The van der Waals surface area contributed by atoms with E-state index < -0.39 is 0 Å². The zero-order valence-electron chi connectivity index (χ0n) is 11.2. The number of nitrogens with one attached hydrogen (secondary N) is 2. The zero-order valence-corrected chi connectivity index (χ0v) is 14.4. The molecule has 2 N–H and O–H groups in total. The van der Waals surface area contributed by atoms with Gasteiger partial charge in [-0.15, -0.1) is 22.7 Å². The van der Waals surface area contributed by atoms with E-state index in [1.807, 2.05) is 19.9 Å². The van der Waals surface area contributed by atoms with E-state index in [1.54, 1.807) is 13.1 Å². The monoisotopic (exact) mass is 372 g/mol. The van der Waals surface area contributed by atoms with Gasteiger partial charge in [0.15, 0.2) is 0 Å². The largest absolute Gasteiger partial charge is 0.355 e. The molecule has 20 heavy (non-hydrogen) atoms. The van der Waals surface area contributed by atoms with E-state index in [0.717, 1.165) is 14.2 Å². The van der Waals surface area contributed by atoms with Crippen molar-refractivity contribution in [2.24, 2.45) is 0 Å². The van der Waals surface area contributed by atoms with E-state index in [-0.39, 0.29) is 11.8 Å². The van der Waals surface area contributed by atoms with Gasteiger partial charge < -0.3 is 10.6 Å². The Morgan fingerprint density at radius 2 is 1.85 bits per heavy atom. The van der Waals surface area contributed by atoms with Crippen LogP contribution in [0.2, 0.25) is 0 Å². The van der Waals surface area contributed by atoms with Crippen molar-refractivity contribution in [1.82, 2.24) is 5.32 Å². The molecule has 0 aliphatic carbocycles. The maximum Gasteiger partial charge on any atom is 0.266 e. The van der Waals surface area contributed by atoms with Gasteiger partial charge in [0, 0.05) is 11.9 Å². The standard InChI is InChI=1S/C13H13BrN2O2S2/c1-6-7(2)19-13(10(6)12(18)15-3)16-11(17)8-4-5-9(14)20-8/h4-5H,1-3H3,(H,15,18)(H,16,17). The molecular weight excluding hydrogens is 360 g/mol. The van der Waals surface area contributed by atoms with Crippen LogP contribution in [0.25, 0.3) is 0 Å². The van der Waals surface area contributed by atoms with Crippen molar-refractivity contribution in [3.05, 3.63) is 36.8 Å². The minimum atomic E-state index is -0.202. The highest BCUT2D eigenvalue weighted by Gasteiger charge is 2.21. The molecule has 7 heteroatoms. The summed E-state index contributed by atoms with van der Waals surface area (Å²) in [7, 11) is 1.58. The molecule has 106 valence electrons. The van der Waals surface area contributed by atoms with Crippen LogP contribution in [0.1, 0.15) is 30.5 Å². The highest BCUT2D eigenvalue weighted by atomic mass is 79.9. The van der Waals surface area contributed by atoms with Crippen molar-refractivity contribution in [2.45, 2.75) is 13.8 Å². The predicted molar refractivity (Wildman–Crippen MR) is 87.2 cm³/mol. The van der Waals surface area contributed by atoms with Crippen LogP contribution in [0, 0.1) is 13.8 Å². The number of hydrogen-bond donors (Lipinski definition) is 2. The molecule has 4 nitrogen and oxygen atoms in total. The van der Waals surface area contributed by atoms with Crippen LogP contribution >= 0.6 is 38.6 Å². The quantitative estimate of drug-likeness (QED) is 0.860. The number of carbonyl (C=O) groups excluding carboxylic acids is 2. The summed E-state index contributed by atoms with van der Waals surface area (Å²) in [6.45, 7) is 3.82. The van der Waals surface area contributed by atoms with Crippen LogP contribution < -0.4 is 10.6 Å². The van der Waals surface area contributed by atoms with Crippen LogP contribution in [0.15, 0.2) is 15.9 Å². The maximum atomic E-state index is 12.2. The van der Waals surface area contributed by atoms with Crippen LogP contribution in [0.5, 0.6) is 0 Å². The molecule has 2 heterocycles. The second-order valence-electron chi connectivity index (χ2n) is 4.12. The average molecular weight is 373 g/mol. The van der Waals surface area contributed by atoms with E-state index in [0.29, 0.717) is 15.4 Å². The summed E-state index contributed by atoms with van der Waals surface area (Å²) >= 11 is 6.10. The smallest absolute Gasteiger partial charge is 0.266 e. The molecule has 0 spiro atoms. The average Bonchev–Trinajstić information content (AvgIpc) is 2.94. The van der Waals surface area contributed by atoms with Gasteiger partial charge in [0.2, 0.25) is 0 Å². The highest BCUT2D eigenvalue weighted by molar-refractivity contribution is 9.11. The summed E-state index contributed by atoms with van der Waals surface area (Å²) in [5.74, 6) is -0.387. The first-order valence-electron chi connectivity index (χ1n) is 5.82. The van der Waals surface area contributed by atoms with Crippen molar-refractivity contribution in [3.8, 4) is 0 Å². The fourth-order valence-corrected chi connectivity index (χ4v) is 4.05. The number of thiophene rings is 2. The molecule has 2 amide bonds. The van der Waals surface area contributed by atoms with Crippen LogP contribution in [-0.2, 0) is 0 Å². The first-order chi connectivity index (χ1) is 9.43. The summed E-state index contributed by atoms with van der Waals surface area (Å²) in [6, 6.07) is 3.57. The Labute approximate surface area is 133 Å². The predicted octanol–water partition coefficient (Wildman–Crippen LogP) is 3.80. The molecule has 0 saturated carbocycles. The van der Waals surface area contributed by atoms with Crippen LogP contribution in [0.3, 0.4) is 0 Å². The van der Waals surface area contributed by atoms with E-state index in [9.17, 15) is 9.59 Å². The lowest BCUT2D eigenvalue weighted by Gasteiger charge is -2.05. The lowest BCUT2D eigenvalue weighted by atomic mass is 10.1. The molecule has 0 fully saturated rings. The molecule has 0 unspecified atom stereocenters.